The molecule has 2 N–H and O–H groups in total. The summed E-state index contributed by atoms with van der Waals surface area (Å²) in [5.74, 6) is 0.927. The summed E-state index contributed by atoms with van der Waals surface area (Å²) in [5, 5.41) is 0. The van der Waals surface area contributed by atoms with Crippen LogP contribution in [0.25, 0.3) is 0 Å². The Labute approximate surface area is 126 Å². The molecule has 0 saturated heterocycles. The molecule has 2 heteroatoms. The predicted molar refractivity (Wildman–Crippen MR) is 86.2 cm³/mol. The van der Waals surface area contributed by atoms with Crippen molar-refractivity contribution in [2.45, 2.75) is 63.8 Å². The SMILES string of the molecule is CCCCC1CCC(N)(Cc2ccccc2Br)CC1. The molecule has 0 atom stereocenters. The number of unbranched alkanes of at least 4 members (excludes halogenated alkanes) is 1. The van der Waals surface area contributed by atoms with Crippen molar-refractivity contribution in [1.82, 2.24) is 0 Å². The standard InChI is InChI=1S/C17H26BrN/c1-2-3-6-14-9-11-17(19,12-10-14)13-15-7-4-5-8-16(15)18/h4-5,7-8,14H,2-3,6,9-13,19H2,1H3. The first-order valence-corrected chi connectivity index (χ1v) is 8.44. The summed E-state index contributed by atoms with van der Waals surface area (Å²) in [6, 6.07) is 8.49. The van der Waals surface area contributed by atoms with E-state index in [4.69, 9.17) is 5.73 Å². The van der Waals surface area contributed by atoms with E-state index in [0.29, 0.717) is 0 Å². The van der Waals surface area contributed by atoms with Gasteiger partial charge in [-0.15, -0.1) is 0 Å². The van der Waals surface area contributed by atoms with Gasteiger partial charge in [0.1, 0.15) is 0 Å². The second-order valence-corrected chi connectivity index (χ2v) is 7.07. The topological polar surface area (TPSA) is 26.0 Å². The predicted octanol–water partition coefficient (Wildman–Crippen LogP) is 5.07. The monoisotopic (exact) mass is 323 g/mol. The Morgan fingerprint density at radius 1 is 1.26 bits per heavy atom. The van der Waals surface area contributed by atoms with E-state index in [-0.39, 0.29) is 5.54 Å². The fraction of sp³-hybridized carbons (Fsp3) is 0.647. The molecule has 1 aliphatic rings. The van der Waals surface area contributed by atoms with E-state index in [1.54, 1.807) is 0 Å². The summed E-state index contributed by atoms with van der Waals surface area (Å²) in [6.07, 6.45) is 10.1. The van der Waals surface area contributed by atoms with Crippen LogP contribution >= 0.6 is 15.9 Å². The number of halogens is 1. The van der Waals surface area contributed by atoms with Crippen LogP contribution < -0.4 is 5.73 Å². The lowest BCUT2D eigenvalue weighted by atomic mass is 9.73. The quantitative estimate of drug-likeness (QED) is 0.804. The molecule has 106 valence electrons. The summed E-state index contributed by atoms with van der Waals surface area (Å²) in [4.78, 5) is 0. The third kappa shape index (κ3) is 4.32. The first-order chi connectivity index (χ1) is 9.13. The van der Waals surface area contributed by atoms with Crippen LogP contribution in [-0.4, -0.2) is 5.54 Å². The molecule has 1 aromatic carbocycles. The maximum Gasteiger partial charge on any atom is 0.0207 e. The molecule has 0 spiro atoms. The highest BCUT2D eigenvalue weighted by Gasteiger charge is 2.31. The van der Waals surface area contributed by atoms with Gasteiger partial charge in [0.2, 0.25) is 0 Å². The highest BCUT2D eigenvalue weighted by Crippen LogP contribution is 2.36. The van der Waals surface area contributed by atoms with Crippen LogP contribution in [0.1, 0.15) is 57.4 Å². The van der Waals surface area contributed by atoms with Crippen molar-refractivity contribution in [1.29, 1.82) is 0 Å². The van der Waals surface area contributed by atoms with Crippen molar-refractivity contribution < 1.29 is 0 Å². The van der Waals surface area contributed by atoms with Gasteiger partial charge in [0.15, 0.2) is 0 Å². The maximum atomic E-state index is 6.63. The smallest absolute Gasteiger partial charge is 0.0207 e. The molecular weight excluding hydrogens is 298 g/mol. The van der Waals surface area contributed by atoms with Crippen molar-refractivity contribution in [2.75, 3.05) is 0 Å². The minimum atomic E-state index is 0.0204. The van der Waals surface area contributed by atoms with Crippen LogP contribution in [0.3, 0.4) is 0 Å². The van der Waals surface area contributed by atoms with Gasteiger partial charge in [0.05, 0.1) is 0 Å². The van der Waals surface area contributed by atoms with Gasteiger partial charge in [-0.1, -0.05) is 60.3 Å². The molecule has 0 unspecified atom stereocenters. The van der Waals surface area contributed by atoms with Gasteiger partial charge in [0.25, 0.3) is 0 Å². The van der Waals surface area contributed by atoms with Gasteiger partial charge in [-0.3, -0.25) is 0 Å². The highest BCUT2D eigenvalue weighted by atomic mass is 79.9. The molecular formula is C17H26BrN. The second kappa shape index (κ2) is 6.90. The number of benzene rings is 1. The summed E-state index contributed by atoms with van der Waals surface area (Å²) in [5.41, 5.74) is 8.01. The Balaban J connectivity index is 1.90. The number of hydrogen-bond acceptors (Lipinski definition) is 1. The molecule has 1 saturated carbocycles. The Bertz CT molecular complexity index is 394. The molecule has 1 aliphatic carbocycles. The average Bonchev–Trinajstić information content (AvgIpc) is 2.41. The first kappa shape index (κ1) is 15.1. The molecule has 1 aromatic rings. The third-order valence-electron chi connectivity index (χ3n) is 4.57. The molecule has 0 heterocycles. The Morgan fingerprint density at radius 2 is 1.95 bits per heavy atom. The van der Waals surface area contributed by atoms with E-state index >= 15 is 0 Å². The van der Waals surface area contributed by atoms with Gasteiger partial charge in [-0.05, 0) is 49.7 Å². The molecule has 0 aromatic heterocycles. The lowest BCUT2D eigenvalue weighted by Crippen LogP contribution is -2.45. The van der Waals surface area contributed by atoms with Crippen molar-refractivity contribution in [2.24, 2.45) is 11.7 Å². The molecule has 0 amide bonds. The molecule has 1 nitrogen and oxygen atoms in total. The number of rotatable bonds is 5. The van der Waals surface area contributed by atoms with Crippen molar-refractivity contribution >= 4 is 15.9 Å². The molecule has 1 fully saturated rings. The second-order valence-electron chi connectivity index (χ2n) is 6.22. The zero-order chi connectivity index (χ0) is 13.7. The van der Waals surface area contributed by atoms with E-state index in [1.165, 1.54) is 55.0 Å². The first-order valence-electron chi connectivity index (χ1n) is 7.65. The van der Waals surface area contributed by atoms with Crippen molar-refractivity contribution in [3.8, 4) is 0 Å². The molecule has 19 heavy (non-hydrogen) atoms. The maximum absolute atomic E-state index is 6.63. The van der Waals surface area contributed by atoms with Crippen LogP contribution in [0.2, 0.25) is 0 Å². The average molecular weight is 324 g/mol. The van der Waals surface area contributed by atoms with E-state index in [2.05, 4.69) is 47.1 Å². The molecule has 0 aliphatic heterocycles. The fourth-order valence-corrected chi connectivity index (χ4v) is 3.66. The number of nitrogens with two attached hydrogens (primary N) is 1. The minimum absolute atomic E-state index is 0.0204. The minimum Gasteiger partial charge on any atom is -0.325 e. The Kier molecular flexibility index (Phi) is 5.47. The van der Waals surface area contributed by atoms with Crippen LogP contribution in [0, 0.1) is 5.92 Å². The lowest BCUT2D eigenvalue weighted by molar-refractivity contribution is 0.221. The van der Waals surface area contributed by atoms with Gasteiger partial charge in [-0.2, -0.15) is 0 Å². The normalized spacial score (nSPS) is 27.4. The molecule has 2 rings (SSSR count). The fourth-order valence-electron chi connectivity index (χ4n) is 3.23. The molecule has 0 bridgehead atoms. The highest BCUT2D eigenvalue weighted by molar-refractivity contribution is 9.10. The summed E-state index contributed by atoms with van der Waals surface area (Å²) >= 11 is 3.64. The van der Waals surface area contributed by atoms with Gasteiger partial charge in [-0.25, -0.2) is 0 Å². The number of hydrogen-bond donors (Lipinski definition) is 1. The Morgan fingerprint density at radius 3 is 2.58 bits per heavy atom. The largest absolute Gasteiger partial charge is 0.325 e. The van der Waals surface area contributed by atoms with Gasteiger partial charge in [0, 0.05) is 10.0 Å². The van der Waals surface area contributed by atoms with Crippen LogP contribution in [0.15, 0.2) is 28.7 Å². The lowest BCUT2D eigenvalue weighted by Gasteiger charge is -2.37. The van der Waals surface area contributed by atoms with Gasteiger partial charge >= 0.3 is 0 Å². The van der Waals surface area contributed by atoms with E-state index in [1.807, 2.05) is 0 Å². The van der Waals surface area contributed by atoms with Crippen LogP contribution in [0.4, 0.5) is 0 Å². The zero-order valence-corrected chi connectivity index (χ0v) is 13.6. The molecule has 0 radical (unpaired) electrons. The van der Waals surface area contributed by atoms with E-state index < -0.39 is 0 Å². The van der Waals surface area contributed by atoms with E-state index in [9.17, 15) is 0 Å². The van der Waals surface area contributed by atoms with Crippen LogP contribution in [0.5, 0.6) is 0 Å². The zero-order valence-electron chi connectivity index (χ0n) is 12.0. The van der Waals surface area contributed by atoms with Gasteiger partial charge < -0.3 is 5.73 Å². The van der Waals surface area contributed by atoms with Crippen molar-refractivity contribution in [3.05, 3.63) is 34.3 Å². The summed E-state index contributed by atoms with van der Waals surface area (Å²) in [6.45, 7) is 2.28. The van der Waals surface area contributed by atoms with Crippen LogP contribution in [-0.2, 0) is 6.42 Å². The van der Waals surface area contributed by atoms with Crippen molar-refractivity contribution in [3.63, 3.8) is 0 Å². The third-order valence-corrected chi connectivity index (χ3v) is 5.34. The van der Waals surface area contributed by atoms with E-state index in [0.717, 1.165) is 12.3 Å². The summed E-state index contributed by atoms with van der Waals surface area (Å²) < 4.78 is 1.20. The Hall–Kier alpha value is -0.340. The summed E-state index contributed by atoms with van der Waals surface area (Å²) in [7, 11) is 0.